The molecule has 0 spiro atoms. The quantitative estimate of drug-likeness (QED) is 0.181. The van der Waals surface area contributed by atoms with E-state index in [0.717, 1.165) is 22.1 Å². The summed E-state index contributed by atoms with van der Waals surface area (Å²) < 4.78 is 3.03. The standard InChI is InChI=1S/C37H23N3Te/c1-2-10-25(11-3-1)35-38-36(40-37(39-35)30-18-17-24-9-4-5-12-26(24)21-30)29-14-8-13-27(22-29)28-19-20-32-31-15-6-7-16-33(31)41-34(32)23-28/h1-23H. The molecule has 8 aromatic rings. The molecule has 0 aliphatic heterocycles. The van der Waals surface area contributed by atoms with Crippen LogP contribution in [0, 0.1) is 0 Å². The normalized spacial score (nSPS) is 11.4. The molecular weight excluding hydrogens is 614 g/mol. The van der Waals surface area contributed by atoms with Gasteiger partial charge in [0, 0.05) is 0 Å². The van der Waals surface area contributed by atoms with Crippen LogP contribution in [-0.2, 0) is 0 Å². The fourth-order valence-corrected chi connectivity index (χ4v) is 8.69. The second-order valence-electron chi connectivity index (χ2n) is 10.1. The summed E-state index contributed by atoms with van der Waals surface area (Å²) in [5.41, 5.74) is 5.32. The first kappa shape index (κ1) is 24.2. The molecule has 2 heterocycles. The van der Waals surface area contributed by atoms with E-state index in [-0.39, 0.29) is 20.4 Å². The zero-order valence-corrected chi connectivity index (χ0v) is 24.4. The van der Waals surface area contributed by atoms with Crippen molar-refractivity contribution in [3.05, 3.63) is 140 Å². The summed E-state index contributed by atoms with van der Waals surface area (Å²) in [6.45, 7) is 0. The Hall–Kier alpha value is -4.62. The van der Waals surface area contributed by atoms with Crippen molar-refractivity contribution >= 4 is 48.8 Å². The molecule has 0 N–H and O–H groups in total. The van der Waals surface area contributed by atoms with Gasteiger partial charge >= 0.3 is 213 Å². The van der Waals surface area contributed by atoms with Crippen molar-refractivity contribution in [2.75, 3.05) is 0 Å². The Bertz CT molecular complexity index is 2220. The first-order valence-corrected chi connectivity index (χ1v) is 15.9. The van der Waals surface area contributed by atoms with Gasteiger partial charge in [0.1, 0.15) is 0 Å². The van der Waals surface area contributed by atoms with Crippen LogP contribution in [0.25, 0.3) is 73.6 Å². The SMILES string of the molecule is c1ccc(-c2nc(-c3cccc(-c4ccc5c(c4)[te]c4ccccc45)c3)nc(-c3ccc4ccccc4c3)n2)cc1. The number of hydrogen-bond acceptors (Lipinski definition) is 3. The number of benzene rings is 6. The van der Waals surface area contributed by atoms with Gasteiger partial charge in [0.2, 0.25) is 0 Å². The van der Waals surface area contributed by atoms with Crippen LogP contribution in [0.5, 0.6) is 0 Å². The molecule has 0 aliphatic carbocycles. The molecule has 0 unspecified atom stereocenters. The van der Waals surface area contributed by atoms with Gasteiger partial charge in [0.25, 0.3) is 0 Å². The minimum absolute atomic E-state index is 0.373. The van der Waals surface area contributed by atoms with E-state index in [9.17, 15) is 0 Å². The van der Waals surface area contributed by atoms with E-state index in [2.05, 4.69) is 109 Å². The van der Waals surface area contributed by atoms with Crippen molar-refractivity contribution in [1.82, 2.24) is 15.0 Å². The Balaban J connectivity index is 1.26. The van der Waals surface area contributed by atoms with Crippen molar-refractivity contribution in [3.8, 4) is 45.3 Å². The van der Waals surface area contributed by atoms with E-state index in [1.54, 1.807) is 0 Å². The van der Waals surface area contributed by atoms with Crippen molar-refractivity contribution in [1.29, 1.82) is 0 Å². The molecule has 0 amide bonds. The fraction of sp³-hybridized carbons (Fsp3) is 0. The number of aromatic nitrogens is 3. The van der Waals surface area contributed by atoms with E-state index < -0.39 is 0 Å². The summed E-state index contributed by atoms with van der Waals surface area (Å²) in [6, 6.07) is 49.2. The Kier molecular flexibility index (Phi) is 5.95. The fourth-order valence-electron chi connectivity index (χ4n) is 5.42. The first-order chi connectivity index (χ1) is 20.3. The van der Waals surface area contributed by atoms with Crippen LogP contribution >= 0.6 is 0 Å². The summed E-state index contributed by atoms with van der Waals surface area (Å²) in [4.78, 5) is 14.9. The molecule has 0 fully saturated rings. The van der Waals surface area contributed by atoms with Gasteiger partial charge in [-0.2, -0.15) is 0 Å². The van der Waals surface area contributed by atoms with Crippen LogP contribution in [0.15, 0.2) is 140 Å². The molecule has 0 atom stereocenters. The average Bonchev–Trinajstić information content (AvgIpc) is 3.43. The van der Waals surface area contributed by atoms with E-state index in [0.29, 0.717) is 17.5 Å². The number of fused-ring (bicyclic) bond motifs is 4. The molecule has 0 aliphatic rings. The third-order valence-electron chi connectivity index (χ3n) is 7.51. The predicted octanol–water partition coefficient (Wildman–Crippen LogP) is 9.06. The van der Waals surface area contributed by atoms with Gasteiger partial charge in [-0.25, -0.2) is 0 Å². The molecule has 0 saturated heterocycles. The van der Waals surface area contributed by atoms with Gasteiger partial charge in [0.15, 0.2) is 0 Å². The maximum absolute atomic E-state index is 5.01. The van der Waals surface area contributed by atoms with Crippen molar-refractivity contribution in [2.24, 2.45) is 0 Å². The third-order valence-corrected chi connectivity index (χ3v) is 10.7. The topological polar surface area (TPSA) is 38.7 Å². The minimum atomic E-state index is -0.373. The Morgan fingerprint density at radius 3 is 1.78 bits per heavy atom. The maximum atomic E-state index is 5.01. The molecular formula is C37H23N3Te. The van der Waals surface area contributed by atoms with Crippen LogP contribution in [0.4, 0.5) is 0 Å². The van der Waals surface area contributed by atoms with Gasteiger partial charge in [-0.1, -0.05) is 30.3 Å². The summed E-state index contributed by atoms with van der Waals surface area (Å²) >= 11 is -0.373. The number of hydrogen-bond donors (Lipinski definition) is 0. The second kappa shape index (κ2) is 10.1. The monoisotopic (exact) mass is 639 g/mol. The van der Waals surface area contributed by atoms with Crippen LogP contribution in [0.2, 0.25) is 0 Å². The molecule has 192 valence electrons. The average molecular weight is 637 g/mol. The Morgan fingerprint density at radius 1 is 0.341 bits per heavy atom. The van der Waals surface area contributed by atoms with Gasteiger partial charge in [-0.15, -0.1) is 0 Å². The zero-order chi connectivity index (χ0) is 27.2. The zero-order valence-electron chi connectivity index (χ0n) is 22.0. The molecule has 4 heteroatoms. The second-order valence-corrected chi connectivity index (χ2v) is 13.2. The van der Waals surface area contributed by atoms with Crippen molar-refractivity contribution in [2.45, 2.75) is 0 Å². The molecule has 2 aromatic heterocycles. The summed E-state index contributed by atoms with van der Waals surface area (Å²) in [7, 11) is 0. The molecule has 6 aromatic carbocycles. The summed E-state index contributed by atoms with van der Waals surface area (Å²) in [5.74, 6) is 2.02. The first-order valence-electron chi connectivity index (χ1n) is 13.6. The third kappa shape index (κ3) is 4.52. The van der Waals surface area contributed by atoms with Crippen LogP contribution < -0.4 is 0 Å². The van der Waals surface area contributed by atoms with Gasteiger partial charge in [-0.3, -0.25) is 0 Å². The predicted molar refractivity (Wildman–Crippen MR) is 171 cm³/mol. The van der Waals surface area contributed by atoms with Gasteiger partial charge in [-0.05, 0) is 5.39 Å². The van der Waals surface area contributed by atoms with Gasteiger partial charge in [0.05, 0.1) is 0 Å². The Morgan fingerprint density at radius 2 is 0.927 bits per heavy atom. The van der Waals surface area contributed by atoms with Crippen LogP contribution in [-0.4, -0.2) is 35.4 Å². The van der Waals surface area contributed by atoms with E-state index in [1.807, 2.05) is 30.3 Å². The number of rotatable bonds is 4. The van der Waals surface area contributed by atoms with Crippen LogP contribution in [0.3, 0.4) is 0 Å². The van der Waals surface area contributed by atoms with Crippen molar-refractivity contribution in [3.63, 3.8) is 0 Å². The summed E-state index contributed by atoms with van der Waals surface area (Å²) in [6.07, 6.45) is 0. The Labute approximate surface area is 247 Å². The van der Waals surface area contributed by atoms with E-state index >= 15 is 0 Å². The summed E-state index contributed by atoms with van der Waals surface area (Å²) in [5, 5.41) is 5.16. The molecule has 41 heavy (non-hydrogen) atoms. The van der Waals surface area contributed by atoms with Crippen molar-refractivity contribution < 1.29 is 0 Å². The van der Waals surface area contributed by atoms with Crippen LogP contribution in [0.1, 0.15) is 0 Å². The molecule has 8 rings (SSSR count). The van der Waals surface area contributed by atoms with Gasteiger partial charge < -0.3 is 0 Å². The molecule has 0 saturated carbocycles. The van der Waals surface area contributed by atoms with E-state index in [4.69, 9.17) is 15.0 Å². The molecule has 3 nitrogen and oxygen atoms in total. The molecule has 0 radical (unpaired) electrons. The van der Waals surface area contributed by atoms with E-state index in [1.165, 1.54) is 34.1 Å². The number of nitrogens with zero attached hydrogens (tertiary/aromatic N) is 3. The molecule has 0 bridgehead atoms.